The van der Waals surface area contributed by atoms with Crippen LogP contribution in [-0.4, -0.2) is 46.9 Å². The first kappa shape index (κ1) is 25.8. The monoisotopic (exact) mass is 505 g/mol. The maximum Gasteiger partial charge on any atom is 0.490 e. The number of H-pyrrole nitrogens is 1. The van der Waals surface area contributed by atoms with Gasteiger partial charge >= 0.3 is 29.2 Å². The Bertz CT molecular complexity index is 1150. The molecule has 1 heterocycles. The van der Waals surface area contributed by atoms with Crippen LogP contribution in [0.25, 0.3) is 0 Å². The molecule has 1 fully saturated rings. The van der Waals surface area contributed by atoms with Crippen molar-refractivity contribution in [1.29, 1.82) is 5.26 Å². The van der Waals surface area contributed by atoms with Crippen molar-refractivity contribution in [2.24, 2.45) is 5.41 Å². The highest BCUT2D eigenvalue weighted by Gasteiger charge is 2.51. The van der Waals surface area contributed by atoms with Gasteiger partial charge < -0.3 is 24.7 Å². The van der Waals surface area contributed by atoms with Crippen LogP contribution in [0.3, 0.4) is 0 Å². The van der Waals surface area contributed by atoms with Crippen LogP contribution < -0.4 is 11.2 Å². The molecule has 1 aliphatic carbocycles. The van der Waals surface area contributed by atoms with E-state index in [2.05, 4.69) is 18.1 Å². The summed E-state index contributed by atoms with van der Waals surface area (Å²) in [6.45, 7) is 0.398. The third-order valence-electron chi connectivity index (χ3n) is 4.40. The number of aromatic nitrogens is 2. The van der Waals surface area contributed by atoms with Crippen LogP contribution in [-0.2, 0) is 26.8 Å². The Morgan fingerprint density at radius 1 is 1.23 bits per heavy atom. The van der Waals surface area contributed by atoms with Gasteiger partial charge in [-0.15, -0.1) is 0 Å². The number of rotatable bonds is 8. The van der Waals surface area contributed by atoms with Crippen LogP contribution in [0.2, 0.25) is 0 Å². The molecule has 5 atom stereocenters. The van der Waals surface area contributed by atoms with Gasteiger partial charge in [-0.3, -0.25) is 18.9 Å². The van der Waals surface area contributed by atoms with Crippen molar-refractivity contribution in [1.82, 2.24) is 9.55 Å². The minimum absolute atomic E-state index is 0.178. The minimum atomic E-state index is -5.75. The van der Waals surface area contributed by atoms with Gasteiger partial charge in [-0.25, -0.2) is 18.5 Å². The van der Waals surface area contributed by atoms with Crippen molar-refractivity contribution in [2.75, 3.05) is 6.61 Å². The summed E-state index contributed by atoms with van der Waals surface area (Å²) in [6, 6.07) is 0.891. The highest BCUT2D eigenvalue weighted by molar-refractivity contribution is 7.66. The molecule has 0 aromatic carbocycles. The molecule has 2 rings (SSSR count). The molecule has 6 N–H and O–H groups in total. The third kappa shape index (κ3) is 6.52. The number of hydrogen-bond acceptors (Lipinski definition) is 10. The van der Waals surface area contributed by atoms with E-state index in [9.17, 15) is 38.5 Å². The van der Waals surface area contributed by atoms with Gasteiger partial charge in [-0.1, -0.05) is 0 Å². The lowest BCUT2D eigenvalue weighted by Gasteiger charge is -2.25. The van der Waals surface area contributed by atoms with Crippen LogP contribution in [0, 0.1) is 23.7 Å². The lowest BCUT2D eigenvalue weighted by Crippen LogP contribution is -2.34. The number of nitrogens with one attached hydrogen (secondary N) is 1. The van der Waals surface area contributed by atoms with Gasteiger partial charge in [-0.2, -0.15) is 13.9 Å². The average molecular weight is 505 g/mol. The lowest BCUT2D eigenvalue weighted by molar-refractivity contribution is 0.0430. The van der Waals surface area contributed by atoms with E-state index in [0.29, 0.717) is 0 Å². The molecule has 1 aromatic heterocycles. The molecule has 1 saturated carbocycles. The van der Waals surface area contributed by atoms with Gasteiger partial charge in [0.15, 0.2) is 0 Å². The van der Waals surface area contributed by atoms with Crippen molar-refractivity contribution >= 4 is 23.5 Å². The maximum absolute atomic E-state index is 12.0. The molecule has 0 radical (unpaired) electrons. The van der Waals surface area contributed by atoms with Crippen LogP contribution in [0.1, 0.15) is 24.4 Å². The van der Waals surface area contributed by atoms with Crippen LogP contribution in [0.15, 0.2) is 15.8 Å². The van der Waals surface area contributed by atoms with E-state index in [1.807, 2.05) is 0 Å². The van der Waals surface area contributed by atoms with Crippen molar-refractivity contribution < 1.29 is 51.5 Å². The van der Waals surface area contributed by atoms with Gasteiger partial charge in [0.05, 0.1) is 18.8 Å². The molecule has 19 heteroatoms. The van der Waals surface area contributed by atoms with E-state index < -0.39 is 58.9 Å². The molecule has 0 saturated heterocycles. The van der Waals surface area contributed by atoms with Gasteiger partial charge in [0.1, 0.15) is 5.41 Å². The summed E-state index contributed by atoms with van der Waals surface area (Å²) < 4.78 is 46.6. The Balaban J connectivity index is 2.19. The predicted molar refractivity (Wildman–Crippen MR) is 98.2 cm³/mol. The van der Waals surface area contributed by atoms with E-state index >= 15 is 0 Å². The largest absolute Gasteiger partial charge is 0.490 e. The first-order valence-corrected chi connectivity index (χ1v) is 12.7. The maximum atomic E-state index is 12.0. The normalized spacial score (nSPS) is 27.9. The van der Waals surface area contributed by atoms with Gasteiger partial charge in [-0.05, 0) is 19.8 Å². The molecule has 1 aromatic rings. The predicted octanol–water partition coefficient (Wildman–Crippen LogP) is -0.606. The van der Waals surface area contributed by atoms with Gasteiger partial charge in [0, 0.05) is 17.8 Å². The van der Waals surface area contributed by atoms with E-state index in [-0.39, 0.29) is 18.4 Å². The first-order chi connectivity index (χ1) is 14.0. The van der Waals surface area contributed by atoms with E-state index in [4.69, 9.17) is 14.7 Å². The Labute approximate surface area is 173 Å². The molecule has 16 nitrogen and oxygen atoms in total. The van der Waals surface area contributed by atoms with Crippen molar-refractivity contribution in [3.05, 3.63) is 32.6 Å². The summed E-state index contributed by atoms with van der Waals surface area (Å²) in [5.74, 6) is 0. The smallest absolute Gasteiger partial charge is 0.391 e. The molecular weight excluding hydrogens is 487 g/mol. The lowest BCUT2D eigenvalue weighted by atomic mass is 9.87. The molecule has 174 valence electrons. The summed E-state index contributed by atoms with van der Waals surface area (Å²) in [5.41, 5.74) is -3.13. The summed E-state index contributed by atoms with van der Waals surface area (Å²) >= 11 is 0. The fourth-order valence-electron chi connectivity index (χ4n) is 3.00. The van der Waals surface area contributed by atoms with Crippen LogP contribution in [0.4, 0.5) is 0 Å². The Morgan fingerprint density at radius 3 is 2.39 bits per heavy atom. The highest BCUT2D eigenvalue weighted by atomic mass is 31.3. The molecule has 0 bridgehead atoms. The Hall–Kier alpha value is -1.46. The summed E-state index contributed by atoms with van der Waals surface area (Å²) in [6.07, 6.45) is -0.743. The molecule has 0 aliphatic heterocycles. The number of aromatic amines is 1. The number of aliphatic hydroxyl groups excluding tert-OH is 1. The number of nitriles is 1. The average Bonchev–Trinajstić information content (AvgIpc) is 2.90. The van der Waals surface area contributed by atoms with E-state index in [1.54, 1.807) is 6.07 Å². The molecule has 5 unspecified atom stereocenters. The van der Waals surface area contributed by atoms with Crippen molar-refractivity contribution in [2.45, 2.75) is 31.9 Å². The number of aryl methyl sites for hydroxylation is 1. The number of aliphatic hydroxyl groups is 1. The zero-order valence-corrected chi connectivity index (χ0v) is 18.3. The number of hydrogen-bond donors (Lipinski definition) is 6. The molecule has 31 heavy (non-hydrogen) atoms. The number of nitrogens with zero attached hydrogens (tertiary/aromatic N) is 2. The number of phosphoric ester groups is 1. The van der Waals surface area contributed by atoms with E-state index in [0.717, 1.165) is 4.57 Å². The summed E-state index contributed by atoms with van der Waals surface area (Å²) in [4.78, 5) is 61.3. The quantitative estimate of drug-likeness (QED) is 0.241. The number of phosphoric acid groups is 3. The summed E-state index contributed by atoms with van der Waals surface area (Å²) in [5, 5.41) is 19.9. The fraction of sp³-hybridized carbons (Fsp3) is 0.583. The second-order valence-corrected chi connectivity index (χ2v) is 11.1. The van der Waals surface area contributed by atoms with E-state index in [1.165, 1.54) is 13.1 Å². The van der Waals surface area contributed by atoms with Crippen molar-refractivity contribution in [3.8, 4) is 6.07 Å². The second-order valence-electron chi connectivity index (χ2n) is 6.72. The second kappa shape index (κ2) is 8.82. The first-order valence-electron chi connectivity index (χ1n) is 8.19. The van der Waals surface area contributed by atoms with Crippen LogP contribution in [0.5, 0.6) is 0 Å². The zero-order valence-electron chi connectivity index (χ0n) is 15.6. The van der Waals surface area contributed by atoms with Gasteiger partial charge in [0.2, 0.25) is 0 Å². The molecule has 0 amide bonds. The minimum Gasteiger partial charge on any atom is -0.391 e. The van der Waals surface area contributed by atoms with Gasteiger partial charge in [0.25, 0.3) is 5.56 Å². The van der Waals surface area contributed by atoms with Crippen LogP contribution >= 0.6 is 23.5 Å². The van der Waals surface area contributed by atoms with Crippen molar-refractivity contribution in [3.63, 3.8) is 0 Å². The Morgan fingerprint density at radius 2 is 1.84 bits per heavy atom. The molecule has 0 spiro atoms. The Kier molecular flexibility index (Phi) is 7.34. The highest BCUT2D eigenvalue weighted by Crippen LogP contribution is 2.66. The SMILES string of the molecule is Cc1cn(C2CC(O)C(C#N)(COP(=O)(O)OP(=O)(O)OP(=O)(O)O)C2)c(=O)[nH]c1=O. The topological polar surface area (TPSA) is 259 Å². The third-order valence-corrected chi connectivity index (χ3v) is 8.18. The summed E-state index contributed by atoms with van der Waals surface area (Å²) in [7, 11) is -16.8. The zero-order chi connectivity index (χ0) is 23.8. The molecular formula is C12H18N3O13P3. The molecule has 1 aliphatic rings. The fourth-order valence-corrected chi connectivity index (χ4v) is 6.09. The standard InChI is InChI=1S/C12H18N3O13P3/c1-7-4-15(11(18)14-10(7)17)8-2-9(16)12(3-8,5-13)6-26-30(22,23)28-31(24,25)27-29(19,20)21/h4,8-9,16H,2-3,6H2,1H3,(H,22,23)(H,24,25)(H,14,17,18)(H2,19,20,21).